The Balaban J connectivity index is 1.48. The van der Waals surface area contributed by atoms with E-state index in [0.717, 1.165) is 37.5 Å². The first kappa shape index (κ1) is 31.8. The second-order valence-electron chi connectivity index (χ2n) is 10.8. The summed E-state index contributed by atoms with van der Waals surface area (Å²) in [5.41, 5.74) is -0.979. The van der Waals surface area contributed by atoms with E-state index in [1.54, 1.807) is 0 Å². The summed E-state index contributed by atoms with van der Waals surface area (Å²) in [6.07, 6.45) is 18.2. The van der Waals surface area contributed by atoms with Crippen molar-refractivity contribution < 1.29 is 34.4 Å². The van der Waals surface area contributed by atoms with Gasteiger partial charge >= 0.3 is 5.97 Å². The highest BCUT2D eigenvalue weighted by Crippen LogP contribution is 2.40. The predicted molar refractivity (Wildman–Crippen MR) is 160 cm³/mol. The van der Waals surface area contributed by atoms with E-state index in [1.165, 1.54) is 82.8 Å². The fourth-order valence-electron chi connectivity index (χ4n) is 5.06. The molecule has 41 heavy (non-hydrogen) atoms. The first-order chi connectivity index (χ1) is 19.8. The van der Waals surface area contributed by atoms with Crippen molar-refractivity contribution in [2.24, 2.45) is 0 Å². The van der Waals surface area contributed by atoms with E-state index in [1.807, 2.05) is 0 Å². The van der Waals surface area contributed by atoms with Crippen LogP contribution in [0.2, 0.25) is 0 Å². The minimum absolute atomic E-state index is 0.000550. The van der Waals surface area contributed by atoms with Crippen LogP contribution in [-0.4, -0.2) is 26.4 Å². The summed E-state index contributed by atoms with van der Waals surface area (Å²) in [4.78, 5) is 26.0. The highest BCUT2D eigenvalue weighted by atomic mass is 16.5. The average Bonchev–Trinajstić information content (AvgIpc) is 2.92. The number of esters is 1. The second kappa shape index (κ2) is 16.6. The highest BCUT2D eigenvalue weighted by molar-refractivity contribution is 5.90. The minimum atomic E-state index is -0.823. The lowest BCUT2D eigenvalue weighted by atomic mass is 10.0. The van der Waals surface area contributed by atoms with Crippen molar-refractivity contribution in [2.45, 2.75) is 110 Å². The quantitative estimate of drug-likeness (QED) is 0.0886. The molecule has 0 atom stereocenters. The zero-order chi connectivity index (χ0) is 29.6. The molecular weight excluding hydrogens is 524 g/mol. The highest BCUT2D eigenvalue weighted by Gasteiger charge is 2.24. The number of carbonyl (C=O) groups excluding carboxylic acids is 1. The van der Waals surface area contributed by atoms with E-state index in [4.69, 9.17) is 9.15 Å². The van der Waals surface area contributed by atoms with E-state index >= 15 is 0 Å². The van der Waals surface area contributed by atoms with Crippen LogP contribution in [0, 0.1) is 0 Å². The van der Waals surface area contributed by atoms with E-state index in [2.05, 4.69) is 6.92 Å². The third kappa shape index (κ3) is 9.73. The van der Waals surface area contributed by atoms with E-state index in [9.17, 15) is 30.0 Å². The van der Waals surface area contributed by atoms with Crippen LogP contribution in [0.4, 0.5) is 0 Å². The summed E-state index contributed by atoms with van der Waals surface area (Å²) < 4.78 is 11.2. The Bertz CT molecular complexity index is 1330. The predicted octanol–water partition coefficient (Wildman–Crippen LogP) is 8.45. The molecule has 0 fully saturated rings. The number of unbranched alkanes of at least 4 members (excludes halogenated alkanes) is 14. The number of hydrogen-bond acceptors (Lipinski definition) is 8. The topological polar surface area (TPSA) is 137 Å². The van der Waals surface area contributed by atoms with Gasteiger partial charge in [-0.05, 0) is 18.6 Å². The van der Waals surface area contributed by atoms with Crippen molar-refractivity contribution in [3.05, 3.63) is 40.6 Å². The van der Waals surface area contributed by atoms with Gasteiger partial charge in [0.1, 0.15) is 34.0 Å². The molecule has 2 aromatic carbocycles. The largest absolute Gasteiger partial charge is 0.508 e. The van der Waals surface area contributed by atoms with Crippen LogP contribution in [-0.2, 0) is 4.79 Å². The standard InChI is InChI=1S/C33H44O8/c1-2-3-4-5-6-7-8-9-10-11-12-13-14-15-16-17-29(38)41-33-31(39)30-27(37)21-24(35)22-28(30)40-32(33)25-19-18-23(34)20-26(25)36/h18-22,34-37H,2-17H2,1H3. The molecular formula is C33H44O8. The molecule has 8 nitrogen and oxygen atoms in total. The van der Waals surface area contributed by atoms with Crippen LogP contribution >= 0.6 is 0 Å². The maximum Gasteiger partial charge on any atom is 0.311 e. The van der Waals surface area contributed by atoms with Gasteiger partial charge in [0.25, 0.3) is 0 Å². The molecule has 3 aromatic rings. The number of hydrogen-bond donors (Lipinski definition) is 4. The maximum atomic E-state index is 13.3. The lowest BCUT2D eigenvalue weighted by Crippen LogP contribution is -2.16. The first-order valence-corrected chi connectivity index (χ1v) is 15.1. The number of benzene rings is 2. The van der Waals surface area contributed by atoms with Gasteiger partial charge in [0.05, 0.1) is 5.56 Å². The lowest BCUT2D eigenvalue weighted by molar-refractivity contribution is -0.134. The molecule has 0 amide bonds. The molecule has 0 aliphatic carbocycles. The zero-order valence-electron chi connectivity index (χ0n) is 24.1. The molecule has 0 saturated carbocycles. The summed E-state index contributed by atoms with van der Waals surface area (Å²) >= 11 is 0. The van der Waals surface area contributed by atoms with Crippen LogP contribution in [0.1, 0.15) is 110 Å². The number of phenols is 4. The second-order valence-corrected chi connectivity index (χ2v) is 10.8. The molecule has 0 saturated heterocycles. The molecule has 8 heteroatoms. The number of phenolic OH excluding ortho intramolecular Hbond substituents is 4. The molecule has 0 aliphatic rings. The van der Waals surface area contributed by atoms with Gasteiger partial charge in [-0.2, -0.15) is 0 Å². The van der Waals surface area contributed by atoms with Crippen molar-refractivity contribution in [3.63, 3.8) is 0 Å². The number of ether oxygens (including phenoxy) is 1. The molecule has 224 valence electrons. The van der Waals surface area contributed by atoms with Gasteiger partial charge < -0.3 is 29.6 Å². The normalized spacial score (nSPS) is 11.2. The molecule has 1 heterocycles. The van der Waals surface area contributed by atoms with Crippen molar-refractivity contribution in [1.29, 1.82) is 0 Å². The van der Waals surface area contributed by atoms with Gasteiger partial charge in [-0.3, -0.25) is 9.59 Å². The van der Waals surface area contributed by atoms with Gasteiger partial charge in [-0.15, -0.1) is 0 Å². The maximum absolute atomic E-state index is 13.3. The van der Waals surface area contributed by atoms with Crippen molar-refractivity contribution >= 4 is 16.9 Å². The summed E-state index contributed by atoms with van der Waals surface area (Å²) in [6, 6.07) is 5.77. The summed E-state index contributed by atoms with van der Waals surface area (Å²) in [5.74, 6) is -2.86. The minimum Gasteiger partial charge on any atom is -0.508 e. The van der Waals surface area contributed by atoms with E-state index < -0.39 is 28.6 Å². The number of fused-ring (bicyclic) bond motifs is 1. The van der Waals surface area contributed by atoms with E-state index in [0.29, 0.717) is 6.42 Å². The van der Waals surface area contributed by atoms with Crippen LogP contribution in [0.15, 0.2) is 39.5 Å². The van der Waals surface area contributed by atoms with Crippen molar-refractivity contribution in [1.82, 2.24) is 0 Å². The Morgan fingerprint density at radius 3 is 1.80 bits per heavy atom. The number of carbonyl (C=O) groups is 1. The van der Waals surface area contributed by atoms with Gasteiger partial charge in [0, 0.05) is 24.6 Å². The fraction of sp³-hybridized carbons (Fsp3) is 0.515. The average molecular weight is 569 g/mol. The lowest BCUT2D eigenvalue weighted by Gasteiger charge is -2.12. The third-order valence-electron chi connectivity index (χ3n) is 7.34. The Kier molecular flexibility index (Phi) is 12.9. The van der Waals surface area contributed by atoms with E-state index in [-0.39, 0.29) is 40.2 Å². The molecule has 1 aromatic heterocycles. The Labute approximate surface area is 241 Å². The molecule has 3 rings (SSSR count). The number of aromatic hydroxyl groups is 4. The smallest absolute Gasteiger partial charge is 0.311 e. The Hall–Kier alpha value is -3.68. The van der Waals surface area contributed by atoms with Crippen molar-refractivity contribution in [2.75, 3.05) is 0 Å². The molecule has 0 aliphatic heterocycles. The number of rotatable bonds is 18. The monoisotopic (exact) mass is 568 g/mol. The van der Waals surface area contributed by atoms with Crippen LogP contribution in [0.25, 0.3) is 22.3 Å². The summed E-state index contributed by atoms with van der Waals surface area (Å²) in [6.45, 7) is 2.24. The molecule has 0 bridgehead atoms. The molecule has 0 unspecified atom stereocenters. The van der Waals surface area contributed by atoms with Crippen LogP contribution in [0.5, 0.6) is 28.7 Å². The summed E-state index contributed by atoms with van der Waals surface area (Å²) in [5, 5.41) is 39.9. The SMILES string of the molecule is CCCCCCCCCCCCCCCCCC(=O)Oc1c(-c2ccc(O)cc2O)oc2cc(O)cc(O)c2c1=O. The molecule has 4 N–H and O–H groups in total. The zero-order valence-corrected chi connectivity index (χ0v) is 24.1. The fourth-order valence-corrected chi connectivity index (χ4v) is 5.06. The molecule has 0 spiro atoms. The van der Waals surface area contributed by atoms with Crippen molar-refractivity contribution in [3.8, 4) is 40.1 Å². The van der Waals surface area contributed by atoms with Crippen LogP contribution in [0.3, 0.4) is 0 Å². The van der Waals surface area contributed by atoms with Gasteiger partial charge in [-0.25, -0.2) is 0 Å². The van der Waals surface area contributed by atoms with Crippen LogP contribution < -0.4 is 10.2 Å². The van der Waals surface area contributed by atoms with Gasteiger partial charge in [0.2, 0.25) is 11.2 Å². The summed E-state index contributed by atoms with van der Waals surface area (Å²) in [7, 11) is 0. The Morgan fingerprint density at radius 2 is 1.24 bits per heavy atom. The van der Waals surface area contributed by atoms with Gasteiger partial charge in [-0.1, -0.05) is 96.8 Å². The Morgan fingerprint density at radius 1 is 0.707 bits per heavy atom. The third-order valence-corrected chi connectivity index (χ3v) is 7.34. The molecule has 0 radical (unpaired) electrons. The first-order valence-electron chi connectivity index (χ1n) is 15.1. The van der Waals surface area contributed by atoms with Gasteiger partial charge in [0.15, 0.2) is 5.76 Å².